The monoisotopic (exact) mass is 426 g/mol. The van der Waals surface area contributed by atoms with Crippen LogP contribution in [0.5, 0.6) is 0 Å². The molecule has 0 fully saturated rings. The second-order valence-electron chi connectivity index (χ2n) is 6.41. The van der Waals surface area contributed by atoms with Crippen LogP contribution in [-0.4, -0.2) is 42.9 Å². The molecule has 3 aromatic rings. The van der Waals surface area contributed by atoms with Crippen LogP contribution < -0.4 is 5.32 Å². The molecule has 0 aliphatic rings. The molecular weight excluding hydrogens is 407 g/mol. The molecule has 3 rings (SSSR count). The van der Waals surface area contributed by atoms with Gasteiger partial charge in [0.15, 0.2) is 6.61 Å². The molecule has 1 N–H and O–H groups in total. The lowest BCUT2D eigenvalue weighted by molar-refractivity contribution is -0.136. The van der Waals surface area contributed by atoms with E-state index in [2.05, 4.69) is 5.32 Å². The molecule has 0 aliphatic carbocycles. The van der Waals surface area contributed by atoms with Gasteiger partial charge < -0.3 is 15.0 Å². The van der Waals surface area contributed by atoms with Crippen LogP contribution >= 0.6 is 11.3 Å². The average Bonchev–Trinajstić information content (AvgIpc) is 3.24. The maximum atomic E-state index is 12.9. The van der Waals surface area contributed by atoms with Crippen molar-refractivity contribution in [3.63, 3.8) is 0 Å². The van der Waals surface area contributed by atoms with Gasteiger partial charge in [-0.15, -0.1) is 11.3 Å². The van der Waals surface area contributed by atoms with Gasteiger partial charge in [0.2, 0.25) is 5.91 Å². The third kappa shape index (κ3) is 5.51. The smallest absolute Gasteiger partial charge is 0.349 e. The summed E-state index contributed by atoms with van der Waals surface area (Å²) >= 11 is 1.24. The van der Waals surface area contributed by atoms with Crippen molar-refractivity contribution in [3.05, 3.63) is 76.7 Å². The topological polar surface area (TPSA) is 75.7 Å². The van der Waals surface area contributed by atoms with Gasteiger partial charge in [-0.2, -0.15) is 0 Å². The van der Waals surface area contributed by atoms with E-state index < -0.39 is 30.2 Å². The van der Waals surface area contributed by atoms with Crippen LogP contribution in [0.4, 0.5) is 10.1 Å². The molecule has 2 amide bonds. The van der Waals surface area contributed by atoms with Crippen LogP contribution in [0.25, 0.3) is 11.1 Å². The highest BCUT2D eigenvalue weighted by atomic mass is 32.1. The number of carbonyl (C=O) groups excluding carboxylic acids is 3. The number of ether oxygens (including phenoxy) is 1. The first kappa shape index (κ1) is 21.2. The van der Waals surface area contributed by atoms with E-state index in [9.17, 15) is 18.8 Å². The third-order valence-corrected chi connectivity index (χ3v) is 5.09. The Balaban J connectivity index is 1.51. The molecule has 1 aromatic heterocycles. The predicted molar refractivity (Wildman–Crippen MR) is 113 cm³/mol. The number of rotatable bonds is 7. The molecule has 8 heteroatoms. The normalized spacial score (nSPS) is 10.3. The number of nitrogens with one attached hydrogen (secondary N) is 1. The molecule has 0 radical (unpaired) electrons. The summed E-state index contributed by atoms with van der Waals surface area (Å²) in [7, 11) is 1.43. The fourth-order valence-electron chi connectivity index (χ4n) is 2.65. The van der Waals surface area contributed by atoms with Gasteiger partial charge in [0.1, 0.15) is 10.7 Å². The van der Waals surface area contributed by atoms with Crippen molar-refractivity contribution in [2.24, 2.45) is 0 Å². The van der Waals surface area contributed by atoms with Crippen molar-refractivity contribution < 1.29 is 23.5 Å². The Morgan fingerprint density at radius 3 is 2.43 bits per heavy atom. The van der Waals surface area contributed by atoms with E-state index in [1.54, 1.807) is 5.38 Å². The molecule has 154 valence electrons. The first-order valence-electron chi connectivity index (χ1n) is 9.03. The van der Waals surface area contributed by atoms with Gasteiger partial charge in [0.25, 0.3) is 5.91 Å². The van der Waals surface area contributed by atoms with E-state index in [0.717, 1.165) is 16.0 Å². The molecule has 0 aliphatic heterocycles. The Hall–Kier alpha value is -3.52. The van der Waals surface area contributed by atoms with Crippen LogP contribution in [0.2, 0.25) is 0 Å². The number of likely N-dealkylation sites (N-methyl/N-ethyl adjacent to an activating group) is 1. The predicted octanol–water partition coefficient (Wildman–Crippen LogP) is 3.81. The van der Waals surface area contributed by atoms with Crippen LogP contribution in [0.1, 0.15) is 9.67 Å². The van der Waals surface area contributed by atoms with E-state index in [1.807, 2.05) is 36.4 Å². The number of amides is 2. The summed E-state index contributed by atoms with van der Waals surface area (Å²) in [6.07, 6.45) is 0. The maximum Gasteiger partial charge on any atom is 0.349 e. The minimum absolute atomic E-state index is 0.234. The van der Waals surface area contributed by atoms with Crippen LogP contribution in [-0.2, 0) is 14.3 Å². The third-order valence-electron chi connectivity index (χ3n) is 4.20. The summed E-state index contributed by atoms with van der Waals surface area (Å²) in [4.78, 5) is 38.2. The number of hydrogen-bond acceptors (Lipinski definition) is 5. The van der Waals surface area contributed by atoms with Gasteiger partial charge in [-0.25, -0.2) is 9.18 Å². The Morgan fingerprint density at radius 2 is 1.73 bits per heavy atom. The van der Waals surface area contributed by atoms with Crippen molar-refractivity contribution in [1.82, 2.24) is 4.90 Å². The standard InChI is InChI=1S/C22H19FN2O4S/c1-25(13-19(26)24-17-9-7-16(23)8-10-17)20(27)14-29-22(28)21-18(11-12-30-21)15-5-3-2-4-6-15/h2-12H,13-14H2,1H3,(H,24,26). The van der Waals surface area contributed by atoms with E-state index in [-0.39, 0.29) is 6.54 Å². The molecule has 0 atom stereocenters. The Labute approximate surface area is 176 Å². The van der Waals surface area contributed by atoms with Gasteiger partial charge >= 0.3 is 5.97 Å². The van der Waals surface area contributed by atoms with Crippen molar-refractivity contribution >= 4 is 34.8 Å². The molecule has 0 spiro atoms. The van der Waals surface area contributed by atoms with Crippen LogP contribution in [0, 0.1) is 5.82 Å². The van der Waals surface area contributed by atoms with Crippen molar-refractivity contribution in [2.45, 2.75) is 0 Å². The Morgan fingerprint density at radius 1 is 1.03 bits per heavy atom. The molecule has 2 aromatic carbocycles. The fraction of sp³-hybridized carbons (Fsp3) is 0.136. The number of carbonyl (C=O) groups is 3. The molecular formula is C22H19FN2O4S. The summed E-state index contributed by atoms with van der Waals surface area (Å²) in [5, 5.41) is 4.35. The molecule has 1 heterocycles. The van der Waals surface area contributed by atoms with Gasteiger partial charge in [-0.05, 0) is 41.3 Å². The lowest BCUT2D eigenvalue weighted by Crippen LogP contribution is -2.37. The lowest BCUT2D eigenvalue weighted by atomic mass is 10.1. The van der Waals surface area contributed by atoms with Crippen molar-refractivity contribution in [2.75, 3.05) is 25.5 Å². The zero-order valence-electron chi connectivity index (χ0n) is 16.1. The zero-order valence-corrected chi connectivity index (χ0v) is 16.9. The molecule has 30 heavy (non-hydrogen) atoms. The Kier molecular flexibility index (Phi) is 6.92. The van der Waals surface area contributed by atoms with Gasteiger partial charge in [-0.1, -0.05) is 30.3 Å². The fourth-order valence-corrected chi connectivity index (χ4v) is 3.46. The molecule has 0 saturated heterocycles. The number of nitrogens with zero attached hydrogens (tertiary/aromatic N) is 1. The maximum absolute atomic E-state index is 12.9. The van der Waals surface area contributed by atoms with E-state index >= 15 is 0 Å². The van der Waals surface area contributed by atoms with Gasteiger partial charge in [0, 0.05) is 18.3 Å². The number of anilines is 1. The van der Waals surface area contributed by atoms with E-state index in [0.29, 0.717) is 10.6 Å². The number of benzene rings is 2. The highest BCUT2D eigenvalue weighted by molar-refractivity contribution is 7.12. The van der Waals surface area contributed by atoms with Crippen molar-refractivity contribution in [1.29, 1.82) is 0 Å². The Bertz CT molecular complexity index is 1030. The first-order valence-corrected chi connectivity index (χ1v) is 9.91. The summed E-state index contributed by atoms with van der Waals surface area (Å²) < 4.78 is 18.1. The summed E-state index contributed by atoms with van der Waals surface area (Å²) in [5.41, 5.74) is 2.04. The van der Waals surface area contributed by atoms with Gasteiger partial charge in [-0.3, -0.25) is 9.59 Å². The molecule has 0 unspecified atom stereocenters. The van der Waals surface area contributed by atoms with Crippen LogP contribution in [0.15, 0.2) is 66.0 Å². The second-order valence-corrected chi connectivity index (χ2v) is 7.33. The second kappa shape index (κ2) is 9.80. The number of esters is 1. The molecule has 6 nitrogen and oxygen atoms in total. The minimum Gasteiger partial charge on any atom is -0.451 e. The van der Waals surface area contributed by atoms with E-state index in [1.165, 1.54) is 42.6 Å². The van der Waals surface area contributed by atoms with E-state index in [4.69, 9.17) is 4.74 Å². The lowest BCUT2D eigenvalue weighted by Gasteiger charge is -2.16. The summed E-state index contributed by atoms with van der Waals surface area (Å²) in [5.74, 6) is -1.98. The van der Waals surface area contributed by atoms with Gasteiger partial charge in [0.05, 0.1) is 6.54 Å². The number of halogens is 1. The summed E-state index contributed by atoms with van der Waals surface area (Å²) in [6, 6.07) is 16.5. The van der Waals surface area contributed by atoms with Crippen LogP contribution in [0.3, 0.4) is 0 Å². The largest absolute Gasteiger partial charge is 0.451 e. The highest BCUT2D eigenvalue weighted by Gasteiger charge is 2.19. The molecule has 0 bridgehead atoms. The first-order chi connectivity index (χ1) is 14.4. The molecule has 0 saturated carbocycles. The SMILES string of the molecule is CN(CC(=O)Nc1ccc(F)cc1)C(=O)COC(=O)c1sccc1-c1ccccc1. The number of hydrogen-bond donors (Lipinski definition) is 1. The minimum atomic E-state index is -0.596. The zero-order chi connectivity index (χ0) is 21.5. The summed E-state index contributed by atoms with van der Waals surface area (Å²) in [6.45, 7) is -0.715. The van der Waals surface area contributed by atoms with Crippen molar-refractivity contribution in [3.8, 4) is 11.1 Å². The quantitative estimate of drug-likeness (QED) is 0.583. The average molecular weight is 426 g/mol. The number of thiophene rings is 1. The highest BCUT2D eigenvalue weighted by Crippen LogP contribution is 2.28.